The molecule has 158 valence electrons. The van der Waals surface area contributed by atoms with Gasteiger partial charge >= 0.3 is 0 Å². The number of hydrogen-bond acceptors (Lipinski definition) is 5. The summed E-state index contributed by atoms with van der Waals surface area (Å²) in [6, 6.07) is 6.25. The van der Waals surface area contributed by atoms with Crippen LogP contribution in [0.1, 0.15) is 55.9 Å². The number of benzene rings is 1. The summed E-state index contributed by atoms with van der Waals surface area (Å²) < 4.78 is 12.9. The zero-order valence-corrected chi connectivity index (χ0v) is 18.0. The summed E-state index contributed by atoms with van der Waals surface area (Å²) in [6.07, 6.45) is 4.85. The van der Waals surface area contributed by atoms with Crippen LogP contribution in [0.25, 0.3) is 0 Å². The lowest BCUT2D eigenvalue weighted by Crippen LogP contribution is -2.43. The van der Waals surface area contributed by atoms with E-state index in [2.05, 4.69) is 27.8 Å². The molecule has 2 aromatic rings. The number of aromatic nitrogens is 3. The molecule has 0 spiro atoms. The number of methoxy groups -OCH3 is 2. The molecule has 1 heterocycles. The molecule has 0 aliphatic heterocycles. The number of rotatable bonds is 7. The van der Waals surface area contributed by atoms with Gasteiger partial charge in [-0.25, -0.2) is 4.99 Å². The van der Waals surface area contributed by atoms with E-state index < -0.39 is 0 Å². The van der Waals surface area contributed by atoms with E-state index in [4.69, 9.17) is 14.5 Å². The highest BCUT2D eigenvalue weighted by Gasteiger charge is 2.19. The maximum atomic E-state index is 5.55. The van der Waals surface area contributed by atoms with Crippen molar-refractivity contribution in [3.63, 3.8) is 0 Å². The second-order valence-electron chi connectivity index (χ2n) is 7.49. The lowest BCUT2D eigenvalue weighted by molar-refractivity contribution is 0.394. The topological polar surface area (TPSA) is 85.6 Å². The molecule has 1 fully saturated rings. The van der Waals surface area contributed by atoms with Gasteiger partial charge in [0.25, 0.3) is 0 Å². The fraction of sp³-hybridized carbons (Fsp3) is 0.571. The van der Waals surface area contributed by atoms with Crippen molar-refractivity contribution in [3.8, 4) is 11.5 Å². The summed E-state index contributed by atoms with van der Waals surface area (Å²) in [6.45, 7) is 4.49. The van der Waals surface area contributed by atoms with E-state index in [1.807, 2.05) is 36.7 Å². The fourth-order valence-electron chi connectivity index (χ4n) is 3.60. The van der Waals surface area contributed by atoms with Crippen molar-refractivity contribution in [2.45, 2.75) is 58.2 Å². The van der Waals surface area contributed by atoms with Crippen LogP contribution >= 0.6 is 0 Å². The van der Waals surface area contributed by atoms with Crippen LogP contribution in [0.5, 0.6) is 11.5 Å². The van der Waals surface area contributed by atoms with Crippen molar-refractivity contribution in [3.05, 3.63) is 35.4 Å². The molecule has 8 heteroatoms. The number of ether oxygens (including phenoxy) is 2. The van der Waals surface area contributed by atoms with Crippen molar-refractivity contribution in [1.82, 2.24) is 25.4 Å². The van der Waals surface area contributed by atoms with Crippen LogP contribution in [0, 0.1) is 6.92 Å². The van der Waals surface area contributed by atoms with E-state index in [0.29, 0.717) is 12.6 Å². The highest BCUT2D eigenvalue weighted by molar-refractivity contribution is 5.80. The average Bonchev–Trinajstić information content (AvgIpc) is 3.36. The number of nitrogens with one attached hydrogen (secondary N) is 2. The first-order chi connectivity index (χ1) is 14.0. The van der Waals surface area contributed by atoms with E-state index in [9.17, 15) is 0 Å². The zero-order chi connectivity index (χ0) is 20.8. The van der Waals surface area contributed by atoms with Gasteiger partial charge in [-0.1, -0.05) is 12.8 Å². The molecule has 0 bridgehead atoms. The summed E-state index contributed by atoms with van der Waals surface area (Å²) in [5.74, 6) is 4.10. The molecular weight excluding hydrogens is 368 g/mol. The summed E-state index contributed by atoms with van der Waals surface area (Å²) >= 11 is 0. The van der Waals surface area contributed by atoms with Crippen LogP contribution < -0.4 is 20.1 Å². The summed E-state index contributed by atoms with van der Waals surface area (Å²) in [7, 11) is 5.31. The third-order valence-corrected chi connectivity index (χ3v) is 5.51. The Balaban J connectivity index is 1.80. The Labute approximate surface area is 172 Å². The van der Waals surface area contributed by atoms with Gasteiger partial charge in [-0.3, -0.25) is 0 Å². The van der Waals surface area contributed by atoms with Gasteiger partial charge in [-0.15, -0.1) is 10.2 Å². The number of aliphatic imine (C=N–C) groups is 1. The smallest absolute Gasteiger partial charge is 0.192 e. The molecule has 1 atom stereocenters. The number of aryl methyl sites for hydroxylation is 1. The van der Waals surface area contributed by atoms with Crippen LogP contribution in [0.4, 0.5) is 0 Å². The van der Waals surface area contributed by atoms with Gasteiger partial charge in [0.2, 0.25) is 0 Å². The largest absolute Gasteiger partial charge is 0.497 e. The standard InChI is InChI=1S/C21H32N6O2/c1-14(18-12-17(28-4)10-11-19(18)29-5)23-21(24-16-8-6-7-9-16)22-13-20-26-25-15(2)27(20)3/h10-12,14,16H,6-9,13H2,1-5H3,(H2,22,23,24). The third-order valence-electron chi connectivity index (χ3n) is 5.51. The minimum absolute atomic E-state index is 0.0195. The molecule has 1 aliphatic carbocycles. The van der Waals surface area contributed by atoms with Gasteiger partial charge in [-0.05, 0) is 44.9 Å². The molecular formula is C21H32N6O2. The van der Waals surface area contributed by atoms with Crippen LogP contribution in [0.2, 0.25) is 0 Å². The van der Waals surface area contributed by atoms with Crippen molar-refractivity contribution < 1.29 is 9.47 Å². The molecule has 8 nitrogen and oxygen atoms in total. The molecule has 0 radical (unpaired) electrons. The Morgan fingerprint density at radius 3 is 2.62 bits per heavy atom. The van der Waals surface area contributed by atoms with Gasteiger partial charge in [0.05, 0.1) is 20.3 Å². The van der Waals surface area contributed by atoms with Gasteiger partial charge in [0.1, 0.15) is 23.9 Å². The van der Waals surface area contributed by atoms with Gasteiger partial charge in [0.15, 0.2) is 11.8 Å². The SMILES string of the molecule is COc1ccc(OC)c(C(C)NC(=NCc2nnc(C)n2C)NC2CCCC2)c1. The summed E-state index contributed by atoms with van der Waals surface area (Å²) in [5, 5.41) is 15.5. The molecule has 1 aromatic carbocycles. The quantitative estimate of drug-likeness (QED) is 0.549. The van der Waals surface area contributed by atoms with E-state index in [0.717, 1.165) is 34.7 Å². The van der Waals surface area contributed by atoms with E-state index >= 15 is 0 Å². The van der Waals surface area contributed by atoms with Crippen molar-refractivity contribution >= 4 is 5.96 Å². The van der Waals surface area contributed by atoms with Crippen LogP contribution in [-0.2, 0) is 13.6 Å². The van der Waals surface area contributed by atoms with Crippen molar-refractivity contribution in [2.24, 2.45) is 12.0 Å². The van der Waals surface area contributed by atoms with Gasteiger partial charge < -0.3 is 24.7 Å². The van der Waals surface area contributed by atoms with E-state index in [1.54, 1.807) is 14.2 Å². The highest BCUT2D eigenvalue weighted by Crippen LogP contribution is 2.29. The first-order valence-corrected chi connectivity index (χ1v) is 10.2. The minimum Gasteiger partial charge on any atom is -0.497 e. The molecule has 29 heavy (non-hydrogen) atoms. The molecule has 3 rings (SSSR count). The predicted molar refractivity (Wildman–Crippen MR) is 113 cm³/mol. The Morgan fingerprint density at radius 2 is 2.00 bits per heavy atom. The number of hydrogen-bond donors (Lipinski definition) is 2. The Kier molecular flexibility index (Phi) is 6.95. The van der Waals surface area contributed by atoms with Gasteiger partial charge in [0, 0.05) is 18.7 Å². The monoisotopic (exact) mass is 400 g/mol. The summed E-state index contributed by atoms with van der Waals surface area (Å²) in [4.78, 5) is 4.79. The first kappa shape index (κ1) is 21.0. The lowest BCUT2D eigenvalue weighted by atomic mass is 10.1. The fourth-order valence-corrected chi connectivity index (χ4v) is 3.60. The Bertz CT molecular complexity index is 842. The molecule has 0 saturated heterocycles. The van der Waals surface area contributed by atoms with E-state index in [1.165, 1.54) is 25.7 Å². The van der Waals surface area contributed by atoms with Crippen LogP contribution in [0.3, 0.4) is 0 Å². The predicted octanol–water partition coefficient (Wildman–Crippen LogP) is 2.88. The highest BCUT2D eigenvalue weighted by atomic mass is 16.5. The molecule has 2 N–H and O–H groups in total. The Morgan fingerprint density at radius 1 is 1.24 bits per heavy atom. The summed E-state index contributed by atoms with van der Waals surface area (Å²) in [5.41, 5.74) is 1.02. The van der Waals surface area contributed by atoms with E-state index in [-0.39, 0.29) is 6.04 Å². The molecule has 1 aliphatic rings. The van der Waals surface area contributed by atoms with Crippen LogP contribution in [0.15, 0.2) is 23.2 Å². The maximum absolute atomic E-state index is 5.55. The Hall–Kier alpha value is -2.77. The molecule has 1 saturated carbocycles. The van der Waals surface area contributed by atoms with Crippen molar-refractivity contribution in [1.29, 1.82) is 0 Å². The number of nitrogens with zero attached hydrogens (tertiary/aromatic N) is 4. The normalized spacial score (nSPS) is 16.0. The molecule has 1 unspecified atom stereocenters. The first-order valence-electron chi connectivity index (χ1n) is 10.2. The zero-order valence-electron chi connectivity index (χ0n) is 18.0. The van der Waals surface area contributed by atoms with Crippen LogP contribution in [-0.4, -0.2) is 41.0 Å². The maximum Gasteiger partial charge on any atom is 0.192 e. The number of guanidine groups is 1. The second kappa shape index (κ2) is 9.62. The minimum atomic E-state index is -0.0195. The average molecular weight is 401 g/mol. The third kappa shape index (κ3) is 5.19. The van der Waals surface area contributed by atoms with Crippen molar-refractivity contribution in [2.75, 3.05) is 14.2 Å². The lowest BCUT2D eigenvalue weighted by Gasteiger charge is -2.23. The molecule has 1 aromatic heterocycles. The van der Waals surface area contributed by atoms with Gasteiger partial charge in [-0.2, -0.15) is 0 Å². The molecule has 0 amide bonds. The second-order valence-corrected chi connectivity index (χ2v) is 7.49.